The second kappa shape index (κ2) is 12.8. The van der Waals surface area contributed by atoms with Crippen molar-refractivity contribution < 1.29 is 23.9 Å². The summed E-state index contributed by atoms with van der Waals surface area (Å²) in [7, 11) is 0. The molecule has 3 aliphatic rings. The summed E-state index contributed by atoms with van der Waals surface area (Å²) in [5.41, 5.74) is 0.581. The van der Waals surface area contributed by atoms with E-state index in [4.69, 9.17) is 14.5 Å². The number of nitrogens with zero attached hydrogens (tertiary/aromatic N) is 4. The van der Waals surface area contributed by atoms with Gasteiger partial charge in [-0.1, -0.05) is 60.7 Å². The third kappa shape index (κ3) is 7.22. The lowest BCUT2D eigenvalue weighted by Crippen LogP contribution is -2.53. The van der Waals surface area contributed by atoms with Crippen LogP contribution in [0.1, 0.15) is 82.8 Å². The van der Waals surface area contributed by atoms with Gasteiger partial charge in [-0.2, -0.15) is 0 Å². The van der Waals surface area contributed by atoms with Gasteiger partial charge in [0.25, 0.3) is 5.91 Å². The third-order valence-electron chi connectivity index (χ3n) is 9.45. The van der Waals surface area contributed by atoms with Crippen LogP contribution in [-0.4, -0.2) is 80.7 Å². The van der Waals surface area contributed by atoms with E-state index in [1.165, 1.54) is 0 Å². The maximum atomic E-state index is 14.5. The number of hydrogen-bond donors (Lipinski definition) is 1. The summed E-state index contributed by atoms with van der Waals surface area (Å²) in [6.45, 7) is 12.6. The van der Waals surface area contributed by atoms with Crippen molar-refractivity contribution in [2.45, 2.75) is 90.5 Å². The number of esters is 1. The zero-order valence-corrected chi connectivity index (χ0v) is 28.3. The Hall–Kier alpha value is -4.18. The van der Waals surface area contributed by atoms with E-state index < -0.39 is 22.7 Å². The number of cyclic esters (lactones) is 1. The molecule has 0 aliphatic carbocycles. The zero-order chi connectivity index (χ0) is 33.4. The lowest BCUT2D eigenvalue weighted by Gasteiger charge is -2.44. The van der Waals surface area contributed by atoms with E-state index in [2.05, 4.69) is 10.2 Å². The number of imidazole rings is 1. The molecule has 0 radical (unpaired) electrons. The van der Waals surface area contributed by atoms with Crippen LogP contribution in [-0.2, 0) is 20.8 Å². The molecule has 1 atom stereocenters. The molecule has 3 saturated heterocycles. The molecule has 10 heteroatoms. The summed E-state index contributed by atoms with van der Waals surface area (Å²) in [6.07, 6.45) is 3.51. The van der Waals surface area contributed by atoms with Gasteiger partial charge in [0.1, 0.15) is 17.0 Å². The van der Waals surface area contributed by atoms with Crippen LogP contribution in [0.2, 0.25) is 0 Å². The first-order chi connectivity index (χ1) is 22.3. The van der Waals surface area contributed by atoms with Crippen LogP contribution in [0.5, 0.6) is 0 Å². The van der Waals surface area contributed by atoms with Crippen LogP contribution in [0.3, 0.4) is 0 Å². The van der Waals surface area contributed by atoms with Crippen molar-refractivity contribution in [3.05, 3.63) is 71.9 Å². The van der Waals surface area contributed by atoms with E-state index in [1.807, 2.05) is 84.0 Å². The van der Waals surface area contributed by atoms with E-state index in [9.17, 15) is 14.4 Å². The summed E-state index contributed by atoms with van der Waals surface area (Å²) in [4.78, 5) is 49.8. The minimum absolute atomic E-state index is 0.0641. The number of aromatic nitrogens is 2. The first kappa shape index (κ1) is 32.7. The van der Waals surface area contributed by atoms with E-state index in [0.29, 0.717) is 37.7 Å². The molecule has 3 aromatic rings. The number of amides is 2. The Kier molecular flexibility index (Phi) is 8.91. The monoisotopic (exact) mass is 641 g/mol. The molecule has 3 fully saturated rings. The highest BCUT2D eigenvalue weighted by molar-refractivity contribution is 6.01. The molecule has 47 heavy (non-hydrogen) atoms. The quantitative estimate of drug-likeness (QED) is 0.313. The predicted molar refractivity (Wildman–Crippen MR) is 180 cm³/mol. The molecule has 0 saturated carbocycles. The molecule has 1 spiro atoms. The SMILES string of the molecule is CC(C)(C)OC(=O)Nc1nc(-c2ccccc2)n(Cc2ccccc2)c1C(=O)N1CCC(N2CCCC3(C2)CC(C)(C)OC3=O)CC1. The van der Waals surface area contributed by atoms with Crippen LogP contribution >= 0.6 is 0 Å². The molecule has 1 aromatic heterocycles. The molecule has 0 bridgehead atoms. The number of carbonyl (C=O) groups is 3. The van der Waals surface area contributed by atoms with Gasteiger partial charge in [-0.15, -0.1) is 0 Å². The van der Waals surface area contributed by atoms with E-state index >= 15 is 0 Å². The number of hydrogen-bond acceptors (Lipinski definition) is 7. The van der Waals surface area contributed by atoms with Gasteiger partial charge < -0.3 is 18.9 Å². The fourth-order valence-electron chi connectivity index (χ4n) is 7.54. The number of piperidine rings is 2. The van der Waals surface area contributed by atoms with Gasteiger partial charge in [-0.05, 0) is 72.4 Å². The highest BCUT2D eigenvalue weighted by Crippen LogP contribution is 2.47. The molecule has 4 heterocycles. The Balaban J connectivity index is 1.27. The van der Waals surface area contributed by atoms with Crippen molar-refractivity contribution in [3.63, 3.8) is 0 Å². The minimum atomic E-state index is -0.719. The second-order valence-corrected chi connectivity index (χ2v) is 14.9. The Bertz CT molecular complexity index is 1600. The maximum absolute atomic E-state index is 14.5. The highest BCUT2D eigenvalue weighted by atomic mass is 16.6. The number of carbonyl (C=O) groups excluding carboxylic acids is 3. The number of rotatable bonds is 6. The molecule has 250 valence electrons. The molecular formula is C37H47N5O5. The Morgan fingerprint density at radius 1 is 1.00 bits per heavy atom. The van der Waals surface area contributed by atoms with Gasteiger partial charge in [-0.3, -0.25) is 19.8 Å². The highest BCUT2D eigenvalue weighted by Gasteiger charge is 2.54. The molecule has 1 N–H and O–H groups in total. The Morgan fingerprint density at radius 3 is 2.28 bits per heavy atom. The van der Waals surface area contributed by atoms with E-state index in [1.54, 1.807) is 20.8 Å². The van der Waals surface area contributed by atoms with Gasteiger partial charge in [0.2, 0.25) is 0 Å². The molecule has 6 rings (SSSR count). The average molecular weight is 642 g/mol. The van der Waals surface area contributed by atoms with Gasteiger partial charge in [0.05, 0.1) is 5.41 Å². The third-order valence-corrected chi connectivity index (χ3v) is 9.45. The second-order valence-electron chi connectivity index (χ2n) is 14.9. The zero-order valence-electron chi connectivity index (χ0n) is 28.3. The number of anilines is 1. The van der Waals surface area contributed by atoms with Crippen molar-refractivity contribution in [1.29, 1.82) is 0 Å². The molecule has 3 aliphatic heterocycles. The lowest BCUT2D eigenvalue weighted by molar-refractivity contribution is -0.154. The Morgan fingerprint density at radius 2 is 1.66 bits per heavy atom. The molecular weight excluding hydrogens is 594 g/mol. The number of nitrogens with one attached hydrogen (secondary N) is 1. The summed E-state index contributed by atoms with van der Waals surface area (Å²) in [5.74, 6) is 0.521. The minimum Gasteiger partial charge on any atom is -0.459 e. The van der Waals surface area contributed by atoms with Crippen molar-refractivity contribution >= 4 is 23.8 Å². The van der Waals surface area contributed by atoms with Crippen molar-refractivity contribution in [2.24, 2.45) is 5.41 Å². The van der Waals surface area contributed by atoms with Gasteiger partial charge >= 0.3 is 12.1 Å². The first-order valence-corrected chi connectivity index (χ1v) is 16.8. The molecule has 2 amide bonds. The van der Waals surface area contributed by atoms with Crippen LogP contribution in [0.4, 0.5) is 10.6 Å². The Labute approximate surface area is 277 Å². The topological polar surface area (TPSA) is 106 Å². The lowest BCUT2D eigenvalue weighted by atomic mass is 9.74. The van der Waals surface area contributed by atoms with Crippen LogP contribution < -0.4 is 5.32 Å². The van der Waals surface area contributed by atoms with Crippen LogP contribution in [0, 0.1) is 5.41 Å². The smallest absolute Gasteiger partial charge is 0.413 e. The fraction of sp³-hybridized carbons (Fsp3) is 0.514. The van der Waals surface area contributed by atoms with Crippen molar-refractivity contribution in [2.75, 3.05) is 31.5 Å². The van der Waals surface area contributed by atoms with Crippen LogP contribution in [0.15, 0.2) is 60.7 Å². The standard InChI is InChI=1S/C37H47N5O5/c1-35(2,3)47-34(45)39-30-29(42(23-26-13-8-6-9-14-26)31(38-30)27-15-10-7-11-16-27)32(43)40-21-17-28(18-22-40)41-20-12-19-37(25-41)24-36(4,5)46-33(37)44/h6-11,13-16,28H,12,17-25H2,1-5H3,(H,39,45). The number of ether oxygens (including phenoxy) is 2. The number of benzene rings is 2. The normalized spacial score (nSPS) is 21.9. The van der Waals surface area contributed by atoms with E-state index in [0.717, 1.165) is 49.8 Å². The van der Waals surface area contributed by atoms with E-state index in [-0.39, 0.29) is 23.7 Å². The van der Waals surface area contributed by atoms with Gasteiger partial charge in [-0.25, -0.2) is 9.78 Å². The number of likely N-dealkylation sites (tertiary alicyclic amines) is 2. The van der Waals surface area contributed by atoms with Crippen molar-refractivity contribution in [1.82, 2.24) is 19.4 Å². The molecule has 10 nitrogen and oxygen atoms in total. The fourth-order valence-corrected chi connectivity index (χ4v) is 7.54. The summed E-state index contributed by atoms with van der Waals surface area (Å²) < 4.78 is 13.2. The molecule has 2 aromatic carbocycles. The maximum Gasteiger partial charge on any atom is 0.413 e. The summed E-state index contributed by atoms with van der Waals surface area (Å²) in [6, 6.07) is 19.9. The average Bonchev–Trinajstić information content (AvgIpc) is 3.48. The largest absolute Gasteiger partial charge is 0.459 e. The summed E-state index contributed by atoms with van der Waals surface area (Å²) in [5, 5.41) is 2.81. The summed E-state index contributed by atoms with van der Waals surface area (Å²) >= 11 is 0. The first-order valence-electron chi connectivity index (χ1n) is 16.8. The van der Waals surface area contributed by atoms with Crippen molar-refractivity contribution in [3.8, 4) is 11.4 Å². The van der Waals surface area contributed by atoms with Gasteiger partial charge in [0.15, 0.2) is 11.5 Å². The predicted octanol–water partition coefficient (Wildman–Crippen LogP) is 6.36. The van der Waals surface area contributed by atoms with Crippen LogP contribution in [0.25, 0.3) is 11.4 Å². The molecule has 1 unspecified atom stereocenters. The van der Waals surface area contributed by atoms with Gasteiger partial charge in [0, 0.05) is 44.2 Å².